The van der Waals surface area contributed by atoms with Gasteiger partial charge in [-0.1, -0.05) is 0 Å². The molecule has 0 saturated carbocycles. The molecule has 0 bridgehead atoms. The summed E-state index contributed by atoms with van der Waals surface area (Å²) in [6, 6.07) is -0.0718. The van der Waals surface area contributed by atoms with Crippen molar-refractivity contribution in [2.75, 3.05) is 26.2 Å². The molecule has 1 aliphatic heterocycles. The second-order valence-electron chi connectivity index (χ2n) is 4.37. The largest absolute Gasteiger partial charge is 0.401 e. The third-order valence-corrected chi connectivity index (χ3v) is 2.71. The quantitative estimate of drug-likeness (QED) is 0.769. The summed E-state index contributed by atoms with van der Waals surface area (Å²) >= 11 is 0. The van der Waals surface area contributed by atoms with E-state index in [0.717, 1.165) is 13.1 Å². The lowest BCUT2D eigenvalue weighted by atomic mass is 10.0. The normalized spacial score (nSPS) is 21.4. The molecule has 1 unspecified atom stereocenters. The second-order valence-corrected chi connectivity index (χ2v) is 4.37. The molecule has 1 atom stereocenters. The minimum Gasteiger partial charge on any atom is -0.392 e. The number of nitrogens with one attached hydrogen (secondary N) is 1. The Kier molecular flexibility index (Phi) is 5.01. The van der Waals surface area contributed by atoms with E-state index in [4.69, 9.17) is 0 Å². The Balaban J connectivity index is 2.54. The number of alkyl halides is 3. The van der Waals surface area contributed by atoms with Crippen molar-refractivity contribution in [3.8, 4) is 0 Å². The van der Waals surface area contributed by atoms with E-state index in [-0.39, 0.29) is 12.6 Å². The fourth-order valence-electron chi connectivity index (χ4n) is 2.08. The molecule has 0 spiro atoms. The highest BCUT2D eigenvalue weighted by molar-refractivity contribution is 4.80. The minimum atomic E-state index is -4.19. The van der Waals surface area contributed by atoms with Gasteiger partial charge in [-0.3, -0.25) is 4.90 Å². The molecule has 16 heavy (non-hydrogen) atoms. The van der Waals surface area contributed by atoms with E-state index in [2.05, 4.69) is 5.32 Å². The van der Waals surface area contributed by atoms with Crippen molar-refractivity contribution in [3.63, 3.8) is 0 Å². The Morgan fingerprint density at radius 1 is 1.38 bits per heavy atom. The summed E-state index contributed by atoms with van der Waals surface area (Å²) < 4.78 is 37.1. The van der Waals surface area contributed by atoms with Gasteiger partial charge in [0.25, 0.3) is 0 Å². The first-order valence-corrected chi connectivity index (χ1v) is 5.58. The van der Waals surface area contributed by atoms with Gasteiger partial charge in [-0.2, -0.15) is 13.2 Å². The first-order chi connectivity index (χ1) is 7.38. The highest BCUT2D eigenvalue weighted by Crippen LogP contribution is 2.21. The summed E-state index contributed by atoms with van der Waals surface area (Å²) in [6.07, 6.45) is -3.50. The maximum absolute atomic E-state index is 12.4. The van der Waals surface area contributed by atoms with E-state index in [9.17, 15) is 18.3 Å². The van der Waals surface area contributed by atoms with E-state index in [1.54, 1.807) is 0 Å². The summed E-state index contributed by atoms with van der Waals surface area (Å²) in [7, 11) is 0. The second kappa shape index (κ2) is 5.84. The average Bonchev–Trinajstić information content (AvgIpc) is 2.15. The van der Waals surface area contributed by atoms with E-state index >= 15 is 0 Å². The van der Waals surface area contributed by atoms with Crippen molar-refractivity contribution in [1.82, 2.24) is 10.2 Å². The molecule has 0 aromatic carbocycles. The maximum Gasteiger partial charge on any atom is 0.401 e. The summed E-state index contributed by atoms with van der Waals surface area (Å²) in [4.78, 5) is 1.35. The molecule has 2 N–H and O–H groups in total. The molecule has 6 heteroatoms. The fourth-order valence-corrected chi connectivity index (χ4v) is 2.08. The average molecular weight is 240 g/mol. The minimum absolute atomic E-state index is 0.0718. The summed E-state index contributed by atoms with van der Waals surface area (Å²) in [5, 5.41) is 12.3. The molecule has 3 nitrogen and oxygen atoms in total. The van der Waals surface area contributed by atoms with Crippen LogP contribution in [0.2, 0.25) is 0 Å². The molecule has 0 radical (unpaired) electrons. The Morgan fingerprint density at radius 2 is 1.94 bits per heavy atom. The zero-order valence-corrected chi connectivity index (χ0v) is 9.43. The first-order valence-electron chi connectivity index (χ1n) is 5.58. The van der Waals surface area contributed by atoms with E-state index in [1.165, 1.54) is 11.8 Å². The van der Waals surface area contributed by atoms with Gasteiger partial charge in [0.2, 0.25) is 0 Å². The Morgan fingerprint density at radius 3 is 2.38 bits per heavy atom. The Bertz CT molecular complexity index is 203. The third kappa shape index (κ3) is 5.14. The molecular weight excluding hydrogens is 221 g/mol. The summed E-state index contributed by atoms with van der Waals surface area (Å²) in [5.41, 5.74) is 0. The molecule has 96 valence electrons. The third-order valence-electron chi connectivity index (χ3n) is 2.71. The standard InChI is InChI=1S/C10H19F3N2O/c1-8(16)6-15(7-10(11,12)13)9-2-4-14-5-3-9/h8-9,14,16H,2-7H2,1H3. The van der Waals surface area contributed by atoms with Crippen LogP contribution in [0.15, 0.2) is 0 Å². The number of rotatable bonds is 4. The molecule has 0 amide bonds. The summed E-state index contributed by atoms with van der Waals surface area (Å²) in [5.74, 6) is 0. The molecule has 0 aliphatic carbocycles. The monoisotopic (exact) mass is 240 g/mol. The van der Waals surface area contributed by atoms with Crippen LogP contribution in [0.3, 0.4) is 0 Å². The molecule has 1 saturated heterocycles. The van der Waals surface area contributed by atoms with Gasteiger partial charge in [-0.25, -0.2) is 0 Å². The smallest absolute Gasteiger partial charge is 0.392 e. The molecule has 1 heterocycles. The lowest BCUT2D eigenvalue weighted by Gasteiger charge is -2.35. The van der Waals surface area contributed by atoms with Crippen LogP contribution in [0.25, 0.3) is 0 Å². The van der Waals surface area contributed by atoms with E-state index in [0.29, 0.717) is 12.8 Å². The number of hydrogen-bond donors (Lipinski definition) is 2. The van der Waals surface area contributed by atoms with Crippen molar-refractivity contribution in [3.05, 3.63) is 0 Å². The van der Waals surface area contributed by atoms with Crippen molar-refractivity contribution in [1.29, 1.82) is 0 Å². The van der Waals surface area contributed by atoms with Gasteiger partial charge in [-0.05, 0) is 32.9 Å². The van der Waals surface area contributed by atoms with Gasteiger partial charge in [0.1, 0.15) is 0 Å². The zero-order chi connectivity index (χ0) is 12.2. The SMILES string of the molecule is CC(O)CN(CC(F)(F)F)C1CCNCC1. The van der Waals surface area contributed by atoms with Gasteiger partial charge in [0, 0.05) is 12.6 Å². The highest BCUT2D eigenvalue weighted by atomic mass is 19.4. The van der Waals surface area contributed by atoms with Crippen molar-refractivity contribution < 1.29 is 18.3 Å². The molecule has 1 fully saturated rings. The van der Waals surface area contributed by atoms with Gasteiger partial charge in [-0.15, -0.1) is 0 Å². The number of nitrogens with zero attached hydrogens (tertiary/aromatic N) is 1. The van der Waals surface area contributed by atoms with Crippen LogP contribution in [-0.4, -0.2) is 54.5 Å². The van der Waals surface area contributed by atoms with Crippen molar-refractivity contribution >= 4 is 0 Å². The molecule has 0 aromatic rings. The van der Waals surface area contributed by atoms with Crippen LogP contribution in [0, 0.1) is 0 Å². The van der Waals surface area contributed by atoms with Crippen LogP contribution < -0.4 is 5.32 Å². The van der Waals surface area contributed by atoms with Crippen molar-refractivity contribution in [2.45, 2.75) is 38.1 Å². The van der Waals surface area contributed by atoms with Gasteiger partial charge in [0.05, 0.1) is 12.6 Å². The Hall–Kier alpha value is -0.330. The lowest BCUT2D eigenvalue weighted by Crippen LogP contribution is -2.49. The maximum atomic E-state index is 12.4. The molecule has 0 aromatic heterocycles. The topological polar surface area (TPSA) is 35.5 Å². The fraction of sp³-hybridized carbons (Fsp3) is 1.00. The van der Waals surface area contributed by atoms with Crippen LogP contribution in [0.1, 0.15) is 19.8 Å². The highest BCUT2D eigenvalue weighted by Gasteiger charge is 2.34. The number of hydrogen-bond acceptors (Lipinski definition) is 3. The van der Waals surface area contributed by atoms with Crippen LogP contribution >= 0.6 is 0 Å². The van der Waals surface area contributed by atoms with Gasteiger partial charge >= 0.3 is 6.18 Å². The van der Waals surface area contributed by atoms with Gasteiger partial charge in [0.15, 0.2) is 0 Å². The summed E-state index contributed by atoms with van der Waals surface area (Å²) in [6.45, 7) is 2.18. The number of aliphatic hydroxyl groups is 1. The number of halogens is 3. The molecule has 1 aliphatic rings. The van der Waals surface area contributed by atoms with Crippen LogP contribution in [0.5, 0.6) is 0 Å². The van der Waals surface area contributed by atoms with E-state index in [1.807, 2.05) is 0 Å². The number of piperidine rings is 1. The molecular formula is C10H19F3N2O. The van der Waals surface area contributed by atoms with Gasteiger partial charge < -0.3 is 10.4 Å². The lowest BCUT2D eigenvalue weighted by molar-refractivity contribution is -0.154. The van der Waals surface area contributed by atoms with Crippen LogP contribution in [-0.2, 0) is 0 Å². The van der Waals surface area contributed by atoms with Crippen molar-refractivity contribution in [2.24, 2.45) is 0 Å². The van der Waals surface area contributed by atoms with Crippen LogP contribution in [0.4, 0.5) is 13.2 Å². The zero-order valence-electron chi connectivity index (χ0n) is 9.43. The van der Waals surface area contributed by atoms with E-state index < -0.39 is 18.8 Å². The predicted octanol–water partition coefficient (Wildman–Crippen LogP) is 0.984. The molecule has 1 rings (SSSR count). The predicted molar refractivity (Wildman–Crippen MR) is 55.2 cm³/mol. The number of aliphatic hydroxyl groups excluding tert-OH is 1. The Labute approximate surface area is 93.6 Å². The first kappa shape index (κ1) is 13.7.